The van der Waals surface area contributed by atoms with Crippen LogP contribution in [-0.4, -0.2) is 53.2 Å². The summed E-state index contributed by atoms with van der Waals surface area (Å²) < 4.78 is 0. The monoisotopic (exact) mass is 635 g/mol. The predicted molar refractivity (Wildman–Crippen MR) is 184 cm³/mol. The van der Waals surface area contributed by atoms with E-state index in [9.17, 15) is 19.7 Å². The Labute approximate surface area is 277 Å². The van der Waals surface area contributed by atoms with Gasteiger partial charge in [0.15, 0.2) is 0 Å². The van der Waals surface area contributed by atoms with E-state index in [-0.39, 0.29) is 17.0 Å². The molecule has 1 atom stereocenters. The van der Waals surface area contributed by atoms with Crippen LogP contribution in [0.3, 0.4) is 0 Å². The van der Waals surface area contributed by atoms with E-state index in [1.54, 1.807) is 17.0 Å². The molecule has 9 heteroatoms. The van der Waals surface area contributed by atoms with Crippen LogP contribution in [0, 0.1) is 10.1 Å². The number of nitro benzene ring substituents is 1. The standard InChI is InChI=1S/C38H45N5O4/c1-4-12-34(45)40-36-28(2)39-29(3)37(35(36)30-17-19-33(20-18-30)43(46)47)42(27-44)24-11-23-41-25-21-38(22-26-41,31-13-7-5-8-14-31)32-15-9-6-10-16-32/h5-10,13-20,27,35,39H,4,11-12,21-26H2,1-3H3,(H,40,45). The number of rotatable bonds is 13. The number of hydrogen-bond acceptors (Lipinski definition) is 6. The minimum Gasteiger partial charge on any atom is -0.360 e. The van der Waals surface area contributed by atoms with Gasteiger partial charge in [-0.25, -0.2) is 0 Å². The lowest BCUT2D eigenvalue weighted by molar-refractivity contribution is -0.384. The van der Waals surface area contributed by atoms with E-state index in [0.29, 0.717) is 25.1 Å². The Kier molecular flexibility index (Phi) is 10.9. The van der Waals surface area contributed by atoms with Crippen molar-refractivity contribution in [3.05, 3.63) is 135 Å². The third kappa shape index (κ3) is 7.46. The van der Waals surface area contributed by atoms with Gasteiger partial charge in [0.1, 0.15) is 0 Å². The zero-order valence-electron chi connectivity index (χ0n) is 27.6. The fourth-order valence-corrected chi connectivity index (χ4v) is 7.19. The minimum atomic E-state index is -0.476. The van der Waals surface area contributed by atoms with Crippen molar-refractivity contribution >= 4 is 18.0 Å². The van der Waals surface area contributed by atoms with E-state index < -0.39 is 10.8 Å². The maximum Gasteiger partial charge on any atom is 0.269 e. The largest absolute Gasteiger partial charge is 0.360 e. The van der Waals surface area contributed by atoms with Gasteiger partial charge in [-0.2, -0.15) is 0 Å². The molecule has 9 nitrogen and oxygen atoms in total. The highest BCUT2D eigenvalue weighted by molar-refractivity contribution is 5.78. The lowest BCUT2D eigenvalue weighted by Gasteiger charge is -2.43. The molecule has 3 aromatic carbocycles. The molecule has 2 amide bonds. The highest BCUT2D eigenvalue weighted by Gasteiger charge is 2.38. The predicted octanol–water partition coefficient (Wildman–Crippen LogP) is 6.59. The first-order chi connectivity index (χ1) is 22.8. The molecule has 246 valence electrons. The van der Waals surface area contributed by atoms with Gasteiger partial charge in [-0.05, 0) is 75.9 Å². The second-order valence-corrected chi connectivity index (χ2v) is 12.6. The van der Waals surface area contributed by atoms with E-state index >= 15 is 0 Å². The van der Waals surface area contributed by atoms with Crippen LogP contribution in [-0.2, 0) is 15.0 Å². The van der Waals surface area contributed by atoms with E-state index in [2.05, 4.69) is 76.2 Å². The van der Waals surface area contributed by atoms with Gasteiger partial charge in [-0.1, -0.05) is 79.7 Å². The van der Waals surface area contributed by atoms with Crippen molar-refractivity contribution in [2.24, 2.45) is 0 Å². The summed E-state index contributed by atoms with van der Waals surface area (Å²) >= 11 is 0. The molecule has 2 heterocycles. The highest BCUT2D eigenvalue weighted by Crippen LogP contribution is 2.42. The minimum absolute atomic E-state index is 0.0143. The summed E-state index contributed by atoms with van der Waals surface area (Å²) in [5.74, 6) is -0.588. The molecule has 0 bridgehead atoms. The van der Waals surface area contributed by atoms with Gasteiger partial charge in [0.2, 0.25) is 12.3 Å². The number of nitrogens with zero attached hydrogens (tertiary/aromatic N) is 3. The normalized spacial score (nSPS) is 18.0. The van der Waals surface area contributed by atoms with Crippen molar-refractivity contribution in [3.8, 4) is 0 Å². The van der Waals surface area contributed by atoms with Crippen LogP contribution >= 0.6 is 0 Å². The number of amides is 2. The quantitative estimate of drug-likeness (QED) is 0.125. The maximum atomic E-state index is 12.8. The summed E-state index contributed by atoms with van der Waals surface area (Å²) in [6.45, 7) is 9.02. The molecular weight excluding hydrogens is 590 g/mol. The number of non-ortho nitro benzene ring substituents is 1. The van der Waals surface area contributed by atoms with Crippen LogP contribution < -0.4 is 10.6 Å². The molecule has 1 fully saturated rings. The van der Waals surface area contributed by atoms with Crippen molar-refractivity contribution in [1.29, 1.82) is 0 Å². The maximum absolute atomic E-state index is 12.8. The highest BCUT2D eigenvalue weighted by atomic mass is 16.6. The number of allylic oxidation sites excluding steroid dienone is 2. The molecular formula is C38H45N5O4. The van der Waals surface area contributed by atoms with E-state index in [1.807, 2.05) is 20.8 Å². The number of nitrogens with one attached hydrogen (secondary N) is 2. The first-order valence-electron chi connectivity index (χ1n) is 16.6. The van der Waals surface area contributed by atoms with Crippen LogP contribution in [0.25, 0.3) is 0 Å². The molecule has 0 aliphatic carbocycles. The molecule has 1 unspecified atom stereocenters. The number of nitro groups is 1. The number of carbonyl (C=O) groups excluding carboxylic acids is 2. The number of benzene rings is 3. The summed E-state index contributed by atoms with van der Waals surface area (Å²) in [5.41, 5.74) is 6.40. The van der Waals surface area contributed by atoms with Gasteiger partial charge in [0.25, 0.3) is 5.69 Å². The van der Waals surface area contributed by atoms with Crippen LogP contribution in [0.1, 0.15) is 75.5 Å². The van der Waals surface area contributed by atoms with Crippen molar-refractivity contribution in [2.75, 3.05) is 26.2 Å². The smallest absolute Gasteiger partial charge is 0.269 e. The lowest BCUT2D eigenvalue weighted by atomic mass is 9.68. The fraction of sp³-hybridized carbons (Fsp3) is 0.368. The fourth-order valence-electron chi connectivity index (χ4n) is 7.19. The number of piperidine rings is 1. The second kappa shape index (κ2) is 15.2. The summed E-state index contributed by atoms with van der Waals surface area (Å²) in [6, 6.07) is 28.0. The molecule has 2 N–H and O–H groups in total. The van der Waals surface area contributed by atoms with Gasteiger partial charge in [-0.15, -0.1) is 0 Å². The number of dihydropyridines is 1. The third-order valence-corrected chi connectivity index (χ3v) is 9.59. The zero-order valence-corrected chi connectivity index (χ0v) is 27.6. The Morgan fingerprint density at radius 2 is 1.57 bits per heavy atom. The number of likely N-dealkylation sites (tertiary alicyclic amines) is 1. The molecule has 0 aromatic heterocycles. The topological polar surface area (TPSA) is 108 Å². The average Bonchev–Trinajstić information content (AvgIpc) is 3.09. The average molecular weight is 636 g/mol. The SMILES string of the molecule is CCCC(=O)NC1=C(C)NC(C)=C(N(C=O)CCCN2CCC(c3ccccc3)(c3ccccc3)CC2)C1c1ccc([N+](=O)[O-])cc1. The Balaban J connectivity index is 1.32. The van der Waals surface area contributed by atoms with Crippen molar-refractivity contribution in [1.82, 2.24) is 20.4 Å². The molecule has 0 spiro atoms. The van der Waals surface area contributed by atoms with Crippen molar-refractivity contribution < 1.29 is 14.5 Å². The van der Waals surface area contributed by atoms with E-state index in [4.69, 9.17) is 0 Å². The van der Waals surface area contributed by atoms with Gasteiger partial charge >= 0.3 is 0 Å². The Morgan fingerprint density at radius 3 is 2.11 bits per heavy atom. The van der Waals surface area contributed by atoms with Crippen LogP contribution in [0.4, 0.5) is 5.69 Å². The number of hydrogen-bond donors (Lipinski definition) is 2. The third-order valence-electron chi connectivity index (χ3n) is 9.59. The zero-order chi connectivity index (χ0) is 33.4. The summed E-state index contributed by atoms with van der Waals surface area (Å²) in [5, 5.41) is 17.8. The molecule has 2 aliphatic rings. The summed E-state index contributed by atoms with van der Waals surface area (Å²) in [6.07, 6.45) is 4.72. The molecule has 1 saturated heterocycles. The van der Waals surface area contributed by atoms with Gasteiger partial charge < -0.3 is 20.4 Å². The lowest BCUT2D eigenvalue weighted by Crippen LogP contribution is -2.44. The Hall–Kier alpha value is -4.76. The Morgan fingerprint density at radius 1 is 0.979 bits per heavy atom. The van der Waals surface area contributed by atoms with Gasteiger partial charge in [0.05, 0.1) is 22.2 Å². The van der Waals surface area contributed by atoms with Gasteiger partial charge in [0, 0.05) is 41.9 Å². The molecule has 47 heavy (non-hydrogen) atoms. The summed E-state index contributed by atoms with van der Waals surface area (Å²) in [7, 11) is 0. The van der Waals surface area contributed by atoms with Gasteiger partial charge in [-0.3, -0.25) is 19.7 Å². The number of carbonyl (C=O) groups is 2. The van der Waals surface area contributed by atoms with Crippen molar-refractivity contribution in [2.45, 2.75) is 64.2 Å². The molecule has 2 aliphatic heterocycles. The first-order valence-corrected chi connectivity index (χ1v) is 16.6. The summed E-state index contributed by atoms with van der Waals surface area (Å²) in [4.78, 5) is 40.7. The van der Waals surface area contributed by atoms with E-state index in [0.717, 1.165) is 68.0 Å². The molecule has 0 radical (unpaired) electrons. The van der Waals surface area contributed by atoms with Crippen LogP contribution in [0.15, 0.2) is 108 Å². The van der Waals surface area contributed by atoms with Crippen molar-refractivity contribution in [3.63, 3.8) is 0 Å². The molecule has 0 saturated carbocycles. The molecule has 5 rings (SSSR count). The Bertz CT molecular complexity index is 1570. The van der Waals surface area contributed by atoms with E-state index in [1.165, 1.54) is 23.3 Å². The molecule has 3 aromatic rings. The second-order valence-electron chi connectivity index (χ2n) is 12.6. The van der Waals surface area contributed by atoms with Crippen LogP contribution in [0.5, 0.6) is 0 Å². The van der Waals surface area contributed by atoms with Crippen LogP contribution in [0.2, 0.25) is 0 Å². The first kappa shape index (κ1) is 33.6.